The van der Waals surface area contributed by atoms with Gasteiger partial charge in [0.2, 0.25) is 0 Å². The van der Waals surface area contributed by atoms with Gasteiger partial charge in [0.15, 0.2) is 0 Å². The summed E-state index contributed by atoms with van der Waals surface area (Å²) < 4.78 is 0. The number of rotatable bonds is 4. The summed E-state index contributed by atoms with van der Waals surface area (Å²) in [7, 11) is 1.60. The molecule has 0 aliphatic carbocycles. The number of hydrogen-bond donors (Lipinski definition) is 1. The lowest BCUT2D eigenvalue weighted by Gasteiger charge is -2.34. The van der Waals surface area contributed by atoms with Crippen molar-refractivity contribution in [2.75, 3.05) is 7.05 Å². The van der Waals surface area contributed by atoms with Crippen LogP contribution in [0.1, 0.15) is 30.6 Å². The number of amides is 1. The summed E-state index contributed by atoms with van der Waals surface area (Å²) in [6, 6.07) is 6.51. The Morgan fingerprint density at radius 3 is 2.22 bits per heavy atom. The highest BCUT2D eigenvalue weighted by Crippen LogP contribution is 2.20. The summed E-state index contributed by atoms with van der Waals surface area (Å²) in [6.07, 6.45) is -0.108. The molecule has 1 aromatic carbocycles. The van der Waals surface area contributed by atoms with E-state index in [9.17, 15) is 9.59 Å². The molecule has 5 heteroatoms. The van der Waals surface area contributed by atoms with E-state index in [1.54, 1.807) is 45.2 Å². The van der Waals surface area contributed by atoms with E-state index in [0.29, 0.717) is 10.6 Å². The molecule has 0 aromatic heterocycles. The molecule has 0 fully saturated rings. The fourth-order valence-electron chi connectivity index (χ4n) is 1.55. The van der Waals surface area contributed by atoms with Gasteiger partial charge in [0.1, 0.15) is 0 Å². The molecular weight excluding hydrogens is 254 g/mol. The summed E-state index contributed by atoms with van der Waals surface area (Å²) in [5.74, 6) is -1.16. The van der Waals surface area contributed by atoms with Gasteiger partial charge in [-0.25, -0.2) is 0 Å². The van der Waals surface area contributed by atoms with Gasteiger partial charge in [0.05, 0.1) is 6.42 Å². The zero-order valence-corrected chi connectivity index (χ0v) is 11.4. The molecule has 0 radical (unpaired) electrons. The third-order valence-corrected chi connectivity index (χ3v) is 3.14. The van der Waals surface area contributed by atoms with Gasteiger partial charge in [0.25, 0.3) is 5.91 Å². The van der Waals surface area contributed by atoms with Crippen LogP contribution in [0.25, 0.3) is 0 Å². The molecule has 1 N–H and O–H groups in total. The average molecular weight is 270 g/mol. The monoisotopic (exact) mass is 269 g/mol. The maximum Gasteiger partial charge on any atom is 0.305 e. The minimum atomic E-state index is -0.934. The Labute approximate surface area is 111 Å². The van der Waals surface area contributed by atoms with Crippen LogP contribution in [0.15, 0.2) is 24.3 Å². The number of benzene rings is 1. The van der Waals surface area contributed by atoms with Crippen LogP contribution >= 0.6 is 11.6 Å². The molecule has 0 aliphatic rings. The van der Waals surface area contributed by atoms with Crippen LogP contribution in [-0.4, -0.2) is 34.5 Å². The van der Waals surface area contributed by atoms with Crippen LogP contribution in [0, 0.1) is 0 Å². The molecule has 0 saturated carbocycles. The highest BCUT2D eigenvalue weighted by molar-refractivity contribution is 6.30. The van der Waals surface area contributed by atoms with E-state index >= 15 is 0 Å². The quantitative estimate of drug-likeness (QED) is 0.914. The molecule has 1 aromatic rings. The van der Waals surface area contributed by atoms with E-state index in [-0.39, 0.29) is 12.3 Å². The molecular formula is C13H16ClNO3. The molecule has 0 aliphatic heterocycles. The lowest BCUT2D eigenvalue weighted by molar-refractivity contribution is -0.139. The number of carboxylic acid groups (broad SMARTS) is 1. The van der Waals surface area contributed by atoms with Crippen LogP contribution in [0.2, 0.25) is 5.02 Å². The molecule has 1 rings (SSSR count). The van der Waals surface area contributed by atoms with Gasteiger partial charge >= 0.3 is 5.97 Å². The van der Waals surface area contributed by atoms with Crippen molar-refractivity contribution in [1.29, 1.82) is 0 Å². The molecule has 0 spiro atoms. The fraction of sp³-hybridized carbons (Fsp3) is 0.385. The Morgan fingerprint density at radius 2 is 1.78 bits per heavy atom. The lowest BCUT2D eigenvalue weighted by atomic mass is 9.97. The van der Waals surface area contributed by atoms with E-state index in [4.69, 9.17) is 16.7 Å². The van der Waals surface area contributed by atoms with Crippen LogP contribution in [0.5, 0.6) is 0 Å². The fourth-order valence-corrected chi connectivity index (χ4v) is 1.68. The summed E-state index contributed by atoms with van der Waals surface area (Å²) in [5.41, 5.74) is -0.261. The summed E-state index contributed by atoms with van der Waals surface area (Å²) in [6.45, 7) is 3.43. The third-order valence-electron chi connectivity index (χ3n) is 2.89. The van der Waals surface area contributed by atoms with Crippen molar-refractivity contribution >= 4 is 23.5 Å². The topological polar surface area (TPSA) is 57.6 Å². The summed E-state index contributed by atoms with van der Waals surface area (Å²) in [5, 5.41) is 9.39. The van der Waals surface area contributed by atoms with Gasteiger partial charge in [-0.15, -0.1) is 0 Å². The van der Waals surface area contributed by atoms with Crippen molar-refractivity contribution in [3.63, 3.8) is 0 Å². The Kier molecular flexibility index (Phi) is 4.35. The zero-order valence-electron chi connectivity index (χ0n) is 10.6. The number of hydrogen-bond acceptors (Lipinski definition) is 2. The standard InChI is InChI=1S/C13H16ClNO3/c1-13(2,8-11(16)17)15(3)12(18)9-4-6-10(14)7-5-9/h4-7H,8H2,1-3H3,(H,16,17). The van der Waals surface area contributed by atoms with E-state index in [2.05, 4.69) is 0 Å². The first-order valence-corrected chi connectivity index (χ1v) is 5.87. The number of carbonyl (C=O) groups is 2. The second-order valence-electron chi connectivity index (χ2n) is 4.75. The number of carboxylic acids is 1. The Bertz CT molecular complexity index is 454. The molecule has 0 atom stereocenters. The van der Waals surface area contributed by atoms with E-state index in [1.807, 2.05) is 0 Å². The number of carbonyl (C=O) groups excluding carboxylic acids is 1. The minimum Gasteiger partial charge on any atom is -0.481 e. The lowest BCUT2D eigenvalue weighted by Crippen LogP contribution is -2.46. The Hall–Kier alpha value is -1.55. The second kappa shape index (κ2) is 5.40. The van der Waals surface area contributed by atoms with Gasteiger partial charge in [-0.1, -0.05) is 11.6 Å². The highest BCUT2D eigenvalue weighted by Gasteiger charge is 2.30. The molecule has 0 bridgehead atoms. The van der Waals surface area contributed by atoms with E-state index < -0.39 is 11.5 Å². The van der Waals surface area contributed by atoms with Crippen LogP contribution in [-0.2, 0) is 4.79 Å². The summed E-state index contributed by atoms with van der Waals surface area (Å²) in [4.78, 5) is 24.4. The van der Waals surface area contributed by atoms with Crippen molar-refractivity contribution in [1.82, 2.24) is 4.90 Å². The average Bonchev–Trinajstić information content (AvgIpc) is 2.26. The molecule has 18 heavy (non-hydrogen) atoms. The number of nitrogens with zero attached hydrogens (tertiary/aromatic N) is 1. The minimum absolute atomic E-state index is 0.108. The predicted molar refractivity (Wildman–Crippen MR) is 69.9 cm³/mol. The van der Waals surface area contributed by atoms with Crippen LogP contribution < -0.4 is 0 Å². The SMILES string of the molecule is CN(C(=O)c1ccc(Cl)cc1)C(C)(C)CC(=O)O. The Balaban J connectivity index is 2.89. The van der Waals surface area contributed by atoms with Crippen molar-refractivity contribution in [3.05, 3.63) is 34.9 Å². The largest absolute Gasteiger partial charge is 0.481 e. The maximum absolute atomic E-state index is 12.2. The zero-order chi connectivity index (χ0) is 13.9. The van der Waals surface area contributed by atoms with Gasteiger partial charge in [0, 0.05) is 23.2 Å². The first-order valence-electron chi connectivity index (χ1n) is 5.49. The van der Waals surface area contributed by atoms with Crippen molar-refractivity contribution < 1.29 is 14.7 Å². The van der Waals surface area contributed by atoms with Crippen LogP contribution in [0.3, 0.4) is 0 Å². The Morgan fingerprint density at radius 1 is 1.28 bits per heavy atom. The van der Waals surface area contributed by atoms with Gasteiger partial charge in [-0.05, 0) is 38.1 Å². The second-order valence-corrected chi connectivity index (χ2v) is 5.19. The van der Waals surface area contributed by atoms with Gasteiger partial charge < -0.3 is 10.0 Å². The predicted octanol–water partition coefficient (Wildman–Crippen LogP) is 2.67. The maximum atomic E-state index is 12.2. The molecule has 0 saturated heterocycles. The van der Waals surface area contributed by atoms with Crippen molar-refractivity contribution in [2.24, 2.45) is 0 Å². The molecule has 98 valence electrons. The normalized spacial score (nSPS) is 11.1. The van der Waals surface area contributed by atoms with Crippen LogP contribution in [0.4, 0.5) is 0 Å². The third kappa shape index (κ3) is 3.47. The van der Waals surface area contributed by atoms with Crippen molar-refractivity contribution in [2.45, 2.75) is 25.8 Å². The molecule has 1 amide bonds. The smallest absolute Gasteiger partial charge is 0.305 e. The number of aliphatic carboxylic acids is 1. The number of halogens is 1. The molecule has 4 nitrogen and oxygen atoms in total. The van der Waals surface area contributed by atoms with E-state index in [0.717, 1.165) is 0 Å². The van der Waals surface area contributed by atoms with Crippen molar-refractivity contribution in [3.8, 4) is 0 Å². The van der Waals surface area contributed by atoms with E-state index in [1.165, 1.54) is 4.90 Å². The first kappa shape index (κ1) is 14.5. The first-order chi connectivity index (χ1) is 8.24. The summed E-state index contributed by atoms with van der Waals surface area (Å²) >= 11 is 5.75. The molecule has 0 heterocycles. The van der Waals surface area contributed by atoms with Gasteiger partial charge in [-0.3, -0.25) is 9.59 Å². The highest BCUT2D eigenvalue weighted by atomic mass is 35.5. The van der Waals surface area contributed by atoms with Gasteiger partial charge in [-0.2, -0.15) is 0 Å². The molecule has 0 unspecified atom stereocenters.